The van der Waals surface area contributed by atoms with Crippen LogP contribution in [-0.4, -0.2) is 23.8 Å². The van der Waals surface area contributed by atoms with Crippen LogP contribution in [0, 0.1) is 0 Å². The molecule has 0 bridgehead atoms. The van der Waals surface area contributed by atoms with E-state index in [2.05, 4.69) is 31.2 Å². The highest BCUT2D eigenvalue weighted by Crippen LogP contribution is 2.09. The lowest BCUT2D eigenvalue weighted by atomic mass is 10.1. The molecular formula is C21H38O3. The maximum absolute atomic E-state index is 11.4. The molecule has 0 rings (SSSR count). The second kappa shape index (κ2) is 18.3. The molecule has 3 nitrogen and oxygen atoms in total. The van der Waals surface area contributed by atoms with Gasteiger partial charge in [0, 0.05) is 6.42 Å². The molecule has 0 saturated heterocycles. The number of rotatable bonds is 16. The van der Waals surface area contributed by atoms with Crippen LogP contribution in [0.25, 0.3) is 0 Å². The van der Waals surface area contributed by atoms with E-state index in [1.54, 1.807) is 6.92 Å². The van der Waals surface area contributed by atoms with Gasteiger partial charge in [-0.25, -0.2) is 0 Å². The van der Waals surface area contributed by atoms with Crippen molar-refractivity contribution in [3.63, 3.8) is 0 Å². The smallest absolute Gasteiger partial charge is 0.306 e. The van der Waals surface area contributed by atoms with Crippen LogP contribution < -0.4 is 0 Å². The molecule has 24 heavy (non-hydrogen) atoms. The van der Waals surface area contributed by atoms with E-state index in [-0.39, 0.29) is 18.7 Å². The Morgan fingerprint density at radius 3 is 2.12 bits per heavy atom. The second-order valence-corrected chi connectivity index (χ2v) is 6.46. The Morgan fingerprint density at radius 1 is 0.917 bits per heavy atom. The van der Waals surface area contributed by atoms with Crippen molar-refractivity contribution >= 4 is 5.97 Å². The van der Waals surface area contributed by atoms with Gasteiger partial charge in [-0.15, -0.1) is 0 Å². The number of aliphatic hydroxyl groups is 1. The topological polar surface area (TPSA) is 46.5 Å². The van der Waals surface area contributed by atoms with Crippen molar-refractivity contribution in [2.45, 2.75) is 97.0 Å². The minimum absolute atomic E-state index is 0.103. The molecule has 0 aromatic rings. The molecule has 3 heteroatoms. The van der Waals surface area contributed by atoms with Gasteiger partial charge in [0.05, 0.1) is 6.61 Å². The highest BCUT2D eigenvalue weighted by Gasteiger charge is 2.07. The Morgan fingerprint density at radius 2 is 1.50 bits per heavy atom. The van der Waals surface area contributed by atoms with Gasteiger partial charge in [-0.3, -0.25) is 4.79 Å². The lowest BCUT2D eigenvalue weighted by Crippen LogP contribution is -2.18. The van der Waals surface area contributed by atoms with Crippen molar-refractivity contribution in [3.05, 3.63) is 24.3 Å². The number of esters is 1. The van der Waals surface area contributed by atoms with Crippen LogP contribution in [0.15, 0.2) is 24.3 Å². The van der Waals surface area contributed by atoms with E-state index in [4.69, 9.17) is 9.84 Å². The first-order valence-corrected chi connectivity index (χ1v) is 9.81. The molecule has 0 radical (unpaired) electrons. The van der Waals surface area contributed by atoms with Gasteiger partial charge in [0.2, 0.25) is 0 Å². The quantitative estimate of drug-likeness (QED) is 0.222. The maximum atomic E-state index is 11.4. The van der Waals surface area contributed by atoms with Gasteiger partial charge in [-0.1, -0.05) is 63.3 Å². The highest BCUT2D eigenvalue weighted by molar-refractivity contribution is 5.69. The molecule has 0 saturated carbocycles. The molecule has 0 aliphatic heterocycles. The van der Waals surface area contributed by atoms with E-state index in [0.717, 1.165) is 25.7 Å². The number of ether oxygens (including phenoxy) is 1. The summed E-state index contributed by atoms with van der Waals surface area (Å²) < 4.78 is 5.02. The average molecular weight is 339 g/mol. The fourth-order valence-electron chi connectivity index (χ4n) is 2.40. The number of hydrogen-bond donors (Lipinski definition) is 1. The molecule has 0 aliphatic rings. The van der Waals surface area contributed by atoms with E-state index < -0.39 is 0 Å². The zero-order valence-corrected chi connectivity index (χ0v) is 15.8. The molecule has 0 amide bonds. The number of carbonyl (C=O) groups excluding carboxylic acids is 1. The third kappa shape index (κ3) is 17.3. The molecule has 1 unspecified atom stereocenters. The van der Waals surface area contributed by atoms with Crippen LogP contribution >= 0.6 is 0 Å². The molecule has 0 aromatic carbocycles. The van der Waals surface area contributed by atoms with Crippen LogP contribution in [0.5, 0.6) is 0 Å². The van der Waals surface area contributed by atoms with Crippen LogP contribution in [-0.2, 0) is 9.53 Å². The summed E-state index contributed by atoms with van der Waals surface area (Å²) in [5, 5.41) is 8.80. The van der Waals surface area contributed by atoms with Crippen molar-refractivity contribution in [2.75, 3.05) is 6.61 Å². The Bertz CT molecular complexity index is 334. The molecule has 0 spiro atoms. The first kappa shape index (κ1) is 22.9. The number of carbonyl (C=O) groups is 1. The minimum atomic E-state index is -0.379. The summed E-state index contributed by atoms with van der Waals surface area (Å²) >= 11 is 0. The van der Waals surface area contributed by atoms with Crippen molar-refractivity contribution in [2.24, 2.45) is 0 Å². The van der Waals surface area contributed by atoms with Crippen LogP contribution in [0.2, 0.25) is 0 Å². The Kier molecular flexibility index (Phi) is 17.4. The SMILES string of the molecule is CCCCC/C=C\C/C=C\CCCCCCCC(=O)OC(C)CO. The first-order valence-electron chi connectivity index (χ1n) is 9.81. The van der Waals surface area contributed by atoms with Crippen LogP contribution in [0.3, 0.4) is 0 Å². The first-order chi connectivity index (χ1) is 11.7. The molecule has 1 atom stereocenters. The summed E-state index contributed by atoms with van der Waals surface area (Å²) in [4.78, 5) is 11.4. The largest absolute Gasteiger partial charge is 0.460 e. The Hall–Kier alpha value is -1.09. The number of allylic oxidation sites excluding steroid dienone is 4. The Balaban J connectivity index is 3.30. The summed E-state index contributed by atoms with van der Waals surface area (Å²) in [6.45, 7) is 3.83. The third-order valence-corrected chi connectivity index (χ3v) is 3.92. The summed E-state index contributed by atoms with van der Waals surface area (Å²) in [5.74, 6) is -0.192. The monoisotopic (exact) mass is 338 g/mol. The molecule has 1 N–H and O–H groups in total. The highest BCUT2D eigenvalue weighted by atomic mass is 16.5. The van der Waals surface area contributed by atoms with Crippen molar-refractivity contribution in [3.8, 4) is 0 Å². The molecular weight excluding hydrogens is 300 g/mol. The predicted molar refractivity (Wildman–Crippen MR) is 102 cm³/mol. The molecule has 0 aliphatic carbocycles. The predicted octanol–water partition coefficient (Wildman–Crippen LogP) is 5.72. The second-order valence-electron chi connectivity index (χ2n) is 6.46. The third-order valence-electron chi connectivity index (χ3n) is 3.92. The van der Waals surface area contributed by atoms with Gasteiger partial charge in [-0.2, -0.15) is 0 Å². The van der Waals surface area contributed by atoms with E-state index in [1.807, 2.05) is 0 Å². The Labute approximate surface area is 149 Å². The van der Waals surface area contributed by atoms with E-state index in [1.165, 1.54) is 44.9 Å². The maximum Gasteiger partial charge on any atom is 0.306 e. The summed E-state index contributed by atoms with van der Waals surface area (Å²) in [5.41, 5.74) is 0. The fourth-order valence-corrected chi connectivity index (χ4v) is 2.40. The van der Waals surface area contributed by atoms with Crippen molar-refractivity contribution < 1.29 is 14.6 Å². The zero-order chi connectivity index (χ0) is 17.9. The lowest BCUT2D eigenvalue weighted by molar-refractivity contribution is -0.150. The van der Waals surface area contributed by atoms with E-state index in [0.29, 0.717) is 6.42 Å². The number of hydrogen-bond acceptors (Lipinski definition) is 3. The van der Waals surface area contributed by atoms with Crippen molar-refractivity contribution in [1.29, 1.82) is 0 Å². The van der Waals surface area contributed by atoms with Gasteiger partial charge in [0.15, 0.2) is 0 Å². The fraction of sp³-hybridized carbons (Fsp3) is 0.762. The minimum Gasteiger partial charge on any atom is -0.460 e. The number of unbranched alkanes of at least 4 members (excludes halogenated alkanes) is 8. The van der Waals surface area contributed by atoms with Crippen molar-refractivity contribution in [1.82, 2.24) is 0 Å². The molecule has 0 heterocycles. The summed E-state index contributed by atoms with van der Waals surface area (Å²) in [6.07, 6.45) is 22.1. The zero-order valence-electron chi connectivity index (χ0n) is 15.8. The molecule has 140 valence electrons. The van der Waals surface area contributed by atoms with Gasteiger partial charge in [0.25, 0.3) is 0 Å². The average Bonchev–Trinajstić information content (AvgIpc) is 2.58. The molecule has 0 aromatic heterocycles. The van der Waals surface area contributed by atoms with Gasteiger partial charge < -0.3 is 9.84 Å². The van der Waals surface area contributed by atoms with E-state index in [9.17, 15) is 4.79 Å². The molecule has 0 fully saturated rings. The lowest BCUT2D eigenvalue weighted by Gasteiger charge is -2.09. The summed E-state index contributed by atoms with van der Waals surface area (Å²) in [7, 11) is 0. The van der Waals surface area contributed by atoms with Crippen LogP contribution in [0.4, 0.5) is 0 Å². The normalized spacial score (nSPS) is 13.0. The van der Waals surface area contributed by atoms with E-state index >= 15 is 0 Å². The standard InChI is InChI=1S/C21H38O3/c1-3-4-5-6-7-8-9-10-11-12-13-14-15-16-17-18-21(23)24-20(2)19-22/h7-8,10-11,20,22H,3-6,9,12-19H2,1-2H3/b8-7-,11-10-. The van der Waals surface area contributed by atoms with Gasteiger partial charge in [0.1, 0.15) is 6.10 Å². The van der Waals surface area contributed by atoms with Gasteiger partial charge in [-0.05, 0) is 45.4 Å². The summed E-state index contributed by atoms with van der Waals surface area (Å²) in [6, 6.07) is 0. The number of aliphatic hydroxyl groups excluding tert-OH is 1. The van der Waals surface area contributed by atoms with Gasteiger partial charge >= 0.3 is 5.97 Å². The van der Waals surface area contributed by atoms with Crippen LogP contribution in [0.1, 0.15) is 90.9 Å².